The van der Waals surface area contributed by atoms with Gasteiger partial charge in [0.25, 0.3) is 5.91 Å². The first kappa shape index (κ1) is 21.4. The van der Waals surface area contributed by atoms with Crippen LogP contribution in [0.4, 0.5) is 0 Å². The number of ether oxygens (including phenoxy) is 1. The van der Waals surface area contributed by atoms with Gasteiger partial charge in [-0.25, -0.2) is 0 Å². The molecule has 1 amide bonds. The lowest BCUT2D eigenvalue weighted by atomic mass is 9.90. The molecule has 2 aliphatic rings. The summed E-state index contributed by atoms with van der Waals surface area (Å²) in [5.74, 6) is 0.134. The Kier molecular flexibility index (Phi) is 6.68. The molecule has 2 bridgehead atoms. The Hall–Kier alpha value is -2.27. The van der Waals surface area contributed by atoms with E-state index in [9.17, 15) is 9.59 Å². The molecule has 0 saturated carbocycles. The van der Waals surface area contributed by atoms with Gasteiger partial charge in [-0.1, -0.05) is 20.8 Å². The summed E-state index contributed by atoms with van der Waals surface area (Å²) in [6.07, 6.45) is 0.203. The van der Waals surface area contributed by atoms with E-state index in [1.54, 1.807) is 24.3 Å². The van der Waals surface area contributed by atoms with Gasteiger partial charge in [-0.15, -0.1) is 0 Å². The number of fused-ring (bicyclic) bond motifs is 2. The summed E-state index contributed by atoms with van der Waals surface area (Å²) in [6.45, 7) is 10.9. The molecule has 29 heavy (non-hydrogen) atoms. The molecule has 2 atom stereocenters. The highest BCUT2D eigenvalue weighted by Gasteiger charge is 2.36. The van der Waals surface area contributed by atoms with Crippen LogP contribution in [0.5, 0.6) is 0 Å². The third-order valence-electron chi connectivity index (χ3n) is 5.43. The number of morpholine rings is 2. The molecule has 2 aliphatic heterocycles. The number of ketones is 1. The zero-order valence-corrected chi connectivity index (χ0v) is 17.5. The largest absolute Gasteiger partial charge is 0.370 e. The number of benzene rings is 1. The van der Waals surface area contributed by atoms with E-state index in [0.29, 0.717) is 24.2 Å². The Bertz CT molecular complexity index is 765. The van der Waals surface area contributed by atoms with Crippen LogP contribution in [-0.4, -0.2) is 79.5 Å². The van der Waals surface area contributed by atoms with Crippen molar-refractivity contribution in [1.82, 2.24) is 15.1 Å². The first-order valence-electron chi connectivity index (χ1n) is 10.2. The van der Waals surface area contributed by atoms with Crippen molar-refractivity contribution in [2.45, 2.75) is 33.0 Å². The van der Waals surface area contributed by atoms with Gasteiger partial charge in [0.1, 0.15) is 0 Å². The average molecular weight is 399 g/mol. The van der Waals surface area contributed by atoms with Crippen LogP contribution >= 0.6 is 0 Å². The van der Waals surface area contributed by atoms with Crippen LogP contribution in [0.3, 0.4) is 0 Å². The highest BCUT2D eigenvalue weighted by atomic mass is 16.5. The number of nitrogens with one attached hydrogen (secondary N) is 1. The molecule has 2 unspecified atom stereocenters. The van der Waals surface area contributed by atoms with E-state index in [4.69, 9.17) is 10.00 Å². The lowest BCUT2D eigenvalue weighted by Gasteiger charge is -2.46. The van der Waals surface area contributed by atoms with Gasteiger partial charge in [-0.3, -0.25) is 19.4 Å². The summed E-state index contributed by atoms with van der Waals surface area (Å²) < 4.78 is 6.06. The van der Waals surface area contributed by atoms with E-state index >= 15 is 0 Å². The number of amides is 1. The van der Waals surface area contributed by atoms with Gasteiger partial charge in [0.05, 0.1) is 30.4 Å². The van der Waals surface area contributed by atoms with Crippen LogP contribution in [-0.2, 0) is 9.53 Å². The third-order valence-corrected chi connectivity index (χ3v) is 5.43. The molecule has 0 aliphatic carbocycles. The van der Waals surface area contributed by atoms with Crippen molar-refractivity contribution >= 4 is 11.7 Å². The van der Waals surface area contributed by atoms with Crippen LogP contribution in [0, 0.1) is 16.7 Å². The number of rotatable bonds is 6. The number of nitrogens with zero attached hydrogens (tertiary/aromatic N) is 3. The first-order chi connectivity index (χ1) is 13.7. The van der Waals surface area contributed by atoms with Gasteiger partial charge < -0.3 is 10.1 Å². The smallest absolute Gasteiger partial charge is 0.251 e. The number of carbonyl (C=O) groups excluding carboxylic acids is 2. The molecule has 2 saturated heterocycles. The minimum atomic E-state index is -0.313. The molecule has 7 heteroatoms. The summed E-state index contributed by atoms with van der Waals surface area (Å²) in [6, 6.07) is 8.68. The summed E-state index contributed by atoms with van der Waals surface area (Å²) in [4.78, 5) is 29.1. The van der Waals surface area contributed by atoms with Crippen molar-refractivity contribution in [2.75, 3.05) is 45.8 Å². The van der Waals surface area contributed by atoms with Crippen molar-refractivity contribution in [1.29, 1.82) is 5.26 Å². The predicted octanol–water partition coefficient (Wildman–Crippen LogP) is 1.29. The van der Waals surface area contributed by atoms with Crippen molar-refractivity contribution in [3.8, 4) is 6.07 Å². The minimum absolute atomic E-state index is 0.101. The van der Waals surface area contributed by atoms with Crippen molar-refractivity contribution < 1.29 is 14.3 Å². The van der Waals surface area contributed by atoms with Gasteiger partial charge in [0, 0.05) is 50.2 Å². The Balaban J connectivity index is 1.42. The fourth-order valence-electron chi connectivity index (χ4n) is 3.74. The van der Waals surface area contributed by atoms with E-state index in [1.165, 1.54) is 0 Å². The van der Waals surface area contributed by atoms with Crippen LogP contribution < -0.4 is 5.32 Å². The Morgan fingerprint density at radius 3 is 2.24 bits per heavy atom. The standard InChI is InChI=1S/C22H30N4O3/c1-22(2,3)20(27)15-26-13-18-11-25(12-19(14-26)29-18)9-8-24-21(28)17-6-4-16(10-23)5-7-17/h4-7,18-19H,8-9,11-15H2,1-3H3,(H,24,28). The molecule has 7 nitrogen and oxygen atoms in total. The summed E-state index contributed by atoms with van der Waals surface area (Å²) in [5.41, 5.74) is 0.786. The fourth-order valence-corrected chi connectivity index (χ4v) is 3.74. The van der Waals surface area contributed by atoms with Crippen LogP contribution in [0.25, 0.3) is 0 Å². The molecule has 2 heterocycles. The molecule has 1 aromatic carbocycles. The summed E-state index contributed by atoms with van der Waals surface area (Å²) >= 11 is 0. The normalized spacial score (nSPS) is 22.7. The second-order valence-electron chi connectivity index (χ2n) is 8.95. The lowest BCUT2D eigenvalue weighted by Crippen LogP contribution is -2.61. The molecule has 0 aromatic heterocycles. The Morgan fingerprint density at radius 2 is 1.69 bits per heavy atom. The second kappa shape index (κ2) is 9.04. The molecule has 2 fully saturated rings. The van der Waals surface area contributed by atoms with Gasteiger partial charge >= 0.3 is 0 Å². The average Bonchev–Trinajstić information content (AvgIpc) is 2.66. The van der Waals surface area contributed by atoms with E-state index in [0.717, 1.165) is 32.7 Å². The van der Waals surface area contributed by atoms with Gasteiger partial charge in [0.15, 0.2) is 5.78 Å². The van der Waals surface area contributed by atoms with Crippen LogP contribution in [0.15, 0.2) is 24.3 Å². The summed E-state index contributed by atoms with van der Waals surface area (Å²) in [7, 11) is 0. The third kappa shape index (κ3) is 5.86. The molecule has 156 valence electrons. The van der Waals surface area contributed by atoms with Gasteiger partial charge in [0.2, 0.25) is 0 Å². The molecule has 3 rings (SSSR count). The highest BCUT2D eigenvalue weighted by molar-refractivity contribution is 5.94. The zero-order chi connectivity index (χ0) is 21.0. The zero-order valence-electron chi connectivity index (χ0n) is 17.5. The fraction of sp³-hybridized carbons (Fsp3) is 0.591. The van der Waals surface area contributed by atoms with Crippen molar-refractivity contribution in [3.63, 3.8) is 0 Å². The molecule has 1 N–H and O–H groups in total. The SMILES string of the molecule is CC(C)(C)C(=O)CN1CC2CN(CCNC(=O)c3ccc(C#N)cc3)CC(C1)O2. The van der Waals surface area contributed by atoms with E-state index in [1.807, 2.05) is 26.8 Å². The van der Waals surface area contributed by atoms with Crippen molar-refractivity contribution in [3.05, 3.63) is 35.4 Å². The quantitative estimate of drug-likeness (QED) is 0.777. The molecular formula is C22H30N4O3. The van der Waals surface area contributed by atoms with E-state index in [2.05, 4.69) is 15.1 Å². The number of carbonyl (C=O) groups is 2. The topological polar surface area (TPSA) is 85.7 Å². The number of Topliss-reactive ketones (excluding diaryl/α,β-unsaturated/α-hetero) is 1. The highest BCUT2D eigenvalue weighted by Crippen LogP contribution is 2.21. The second-order valence-corrected chi connectivity index (χ2v) is 8.95. The predicted molar refractivity (Wildman–Crippen MR) is 109 cm³/mol. The maximum absolute atomic E-state index is 12.3. The van der Waals surface area contributed by atoms with Gasteiger partial charge in [-0.2, -0.15) is 5.26 Å². The number of hydrogen-bond acceptors (Lipinski definition) is 6. The van der Waals surface area contributed by atoms with E-state index < -0.39 is 0 Å². The molecular weight excluding hydrogens is 368 g/mol. The first-order valence-corrected chi connectivity index (χ1v) is 10.2. The van der Waals surface area contributed by atoms with Crippen LogP contribution in [0.1, 0.15) is 36.7 Å². The Labute approximate surface area is 172 Å². The van der Waals surface area contributed by atoms with Crippen molar-refractivity contribution in [2.24, 2.45) is 5.41 Å². The Morgan fingerprint density at radius 1 is 1.10 bits per heavy atom. The summed E-state index contributed by atoms with van der Waals surface area (Å²) in [5, 5.41) is 11.8. The monoisotopic (exact) mass is 398 g/mol. The minimum Gasteiger partial charge on any atom is -0.370 e. The van der Waals surface area contributed by atoms with Gasteiger partial charge in [-0.05, 0) is 24.3 Å². The maximum atomic E-state index is 12.3. The lowest BCUT2D eigenvalue weighted by molar-refractivity contribution is -0.146. The van der Waals surface area contributed by atoms with E-state index in [-0.39, 0.29) is 29.3 Å². The molecule has 0 spiro atoms. The number of nitriles is 1. The molecule has 1 aromatic rings. The molecule has 0 radical (unpaired) electrons. The maximum Gasteiger partial charge on any atom is 0.251 e. The van der Waals surface area contributed by atoms with Crippen LogP contribution in [0.2, 0.25) is 0 Å². The number of hydrogen-bond donors (Lipinski definition) is 1.